The van der Waals surface area contributed by atoms with Gasteiger partial charge in [0.15, 0.2) is 0 Å². The van der Waals surface area contributed by atoms with Crippen molar-refractivity contribution in [3.8, 4) is 0 Å². The van der Waals surface area contributed by atoms with E-state index in [4.69, 9.17) is 5.73 Å². The average Bonchev–Trinajstić information content (AvgIpc) is 2.44. The Morgan fingerprint density at radius 1 is 1.43 bits per heavy atom. The van der Waals surface area contributed by atoms with Gasteiger partial charge in [0.1, 0.15) is 0 Å². The smallest absolute Gasteiger partial charge is 0.0193 e. The van der Waals surface area contributed by atoms with Gasteiger partial charge in [0.05, 0.1) is 0 Å². The molecule has 0 radical (unpaired) electrons. The summed E-state index contributed by atoms with van der Waals surface area (Å²) in [5, 5.41) is 0. The summed E-state index contributed by atoms with van der Waals surface area (Å²) >= 11 is 0. The monoisotopic (exact) mass is 198 g/mol. The van der Waals surface area contributed by atoms with Gasteiger partial charge in [-0.15, -0.1) is 0 Å². The van der Waals surface area contributed by atoms with E-state index in [0.29, 0.717) is 17.5 Å². The van der Waals surface area contributed by atoms with E-state index in [1.807, 2.05) is 0 Å². The van der Waals surface area contributed by atoms with Gasteiger partial charge in [-0.1, -0.05) is 20.3 Å². The van der Waals surface area contributed by atoms with Gasteiger partial charge in [0.2, 0.25) is 0 Å². The number of hydrogen-bond donors (Lipinski definition) is 1. The molecule has 2 heteroatoms. The summed E-state index contributed by atoms with van der Waals surface area (Å²) in [6.45, 7) is 11.5. The molecule has 14 heavy (non-hydrogen) atoms. The molecule has 1 rings (SSSR count). The van der Waals surface area contributed by atoms with Crippen LogP contribution in [0.15, 0.2) is 0 Å². The van der Waals surface area contributed by atoms with Gasteiger partial charge in [-0.05, 0) is 39.2 Å². The molecule has 0 saturated carbocycles. The molecule has 0 amide bonds. The van der Waals surface area contributed by atoms with E-state index in [1.165, 1.54) is 25.8 Å². The van der Waals surface area contributed by atoms with Crippen molar-refractivity contribution in [3.63, 3.8) is 0 Å². The molecule has 1 aliphatic heterocycles. The molecule has 2 unspecified atom stereocenters. The van der Waals surface area contributed by atoms with Gasteiger partial charge >= 0.3 is 0 Å². The third-order valence-corrected chi connectivity index (χ3v) is 3.88. The topological polar surface area (TPSA) is 29.3 Å². The third-order valence-electron chi connectivity index (χ3n) is 3.88. The highest BCUT2D eigenvalue weighted by atomic mass is 15.2. The SMILES string of the molecule is CCC(C)C(N)CN1CCCC1(C)C. The first-order valence-electron chi connectivity index (χ1n) is 5.98. The molecular weight excluding hydrogens is 172 g/mol. The van der Waals surface area contributed by atoms with Crippen molar-refractivity contribution in [2.75, 3.05) is 13.1 Å². The van der Waals surface area contributed by atoms with Crippen molar-refractivity contribution in [1.82, 2.24) is 4.90 Å². The quantitative estimate of drug-likeness (QED) is 0.750. The van der Waals surface area contributed by atoms with Crippen LogP contribution in [-0.4, -0.2) is 29.6 Å². The lowest BCUT2D eigenvalue weighted by atomic mass is 9.97. The predicted molar refractivity (Wildman–Crippen MR) is 62.3 cm³/mol. The molecule has 0 aromatic carbocycles. The highest BCUT2D eigenvalue weighted by Gasteiger charge is 2.32. The van der Waals surface area contributed by atoms with Crippen LogP contribution in [0.25, 0.3) is 0 Å². The highest BCUT2D eigenvalue weighted by molar-refractivity contribution is 4.90. The maximum Gasteiger partial charge on any atom is 0.0193 e. The fraction of sp³-hybridized carbons (Fsp3) is 1.00. The van der Waals surface area contributed by atoms with E-state index < -0.39 is 0 Å². The molecule has 1 heterocycles. The molecule has 2 atom stereocenters. The van der Waals surface area contributed by atoms with E-state index in [-0.39, 0.29) is 0 Å². The second-order valence-corrected chi connectivity index (χ2v) is 5.41. The zero-order valence-electron chi connectivity index (χ0n) is 10.2. The Bertz CT molecular complexity index is 177. The summed E-state index contributed by atoms with van der Waals surface area (Å²) < 4.78 is 0. The minimum atomic E-state index is 0.345. The lowest BCUT2D eigenvalue weighted by molar-refractivity contribution is 0.152. The fourth-order valence-electron chi connectivity index (χ4n) is 2.24. The Balaban J connectivity index is 2.44. The Hall–Kier alpha value is -0.0800. The number of nitrogens with two attached hydrogens (primary N) is 1. The fourth-order valence-corrected chi connectivity index (χ4v) is 2.24. The molecule has 0 aromatic rings. The maximum absolute atomic E-state index is 6.19. The summed E-state index contributed by atoms with van der Waals surface area (Å²) in [5.41, 5.74) is 6.57. The Morgan fingerprint density at radius 2 is 2.07 bits per heavy atom. The van der Waals surface area contributed by atoms with Crippen LogP contribution in [0.1, 0.15) is 47.0 Å². The molecule has 1 saturated heterocycles. The van der Waals surface area contributed by atoms with Crippen LogP contribution >= 0.6 is 0 Å². The zero-order valence-corrected chi connectivity index (χ0v) is 10.2. The zero-order chi connectivity index (χ0) is 10.8. The first-order chi connectivity index (χ1) is 6.47. The molecule has 0 aromatic heterocycles. The largest absolute Gasteiger partial charge is 0.326 e. The lowest BCUT2D eigenvalue weighted by Gasteiger charge is -2.35. The van der Waals surface area contributed by atoms with Crippen molar-refractivity contribution in [3.05, 3.63) is 0 Å². The normalized spacial score (nSPS) is 26.4. The third kappa shape index (κ3) is 2.71. The van der Waals surface area contributed by atoms with Gasteiger partial charge in [-0.2, -0.15) is 0 Å². The molecule has 2 N–H and O–H groups in total. The second-order valence-electron chi connectivity index (χ2n) is 5.41. The van der Waals surface area contributed by atoms with E-state index in [2.05, 4.69) is 32.6 Å². The summed E-state index contributed by atoms with van der Waals surface area (Å²) in [4.78, 5) is 2.56. The van der Waals surface area contributed by atoms with Crippen molar-refractivity contribution in [2.24, 2.45) is 11.7 Å². The van der Waals surface area contributed by atoms with E-state index in [0.717, 1.165) is 6.54 Å². The molecule has 0 spiro atoms. The van der Waals surface area contributed by atoms with Crippen LogP contribution in [0.3, 0.4) is 0 Å². The van der Waals surface area contributed by atoms with E-state index in [9.17, 15) is 0 Å². The first-order valence-corrected chi connectivity index (χ1v) is 5.98. The highest BCUT2D eigenvalue weighted by Crippen LogP contribution is 2.28. The standard InChI is InChI=1S/C12H26N2/c1-5-10(2)11(13)9-14-8-6-7-12(14,3)4/h10-11H,5-9,13H2,1-4H3. The molecule has 1 fully saturated rings. The summed E-state index contributed by atoms with van der Waals surface area (Å²) in [6.07, 6.45) is 3.84. The first kappa shape index (κ1) is 12.0. The summed E-state index contributed by atoms with van der Waals surface area (Å²) in [7, 11) is 0. The van der Waals surface area contributed by atoms with Gasteiger partial charge in [-0.3, -0.25) is 4.90 Å². The Morgan fingerprint density at radius 3 is 2.50 bits per heavy atom. The predicted octanol–water partition coefficient (Wildman–Crippen LogP) is 2.23. The van der Waals surface area contributed by atoms with Gasteiger partial charge < -0.3 is 5.73 Å². The second kappa shape index (κ2) is 4.63. The molecule has 0 bridgehead atoms. The number of likely N-dealkylation sites (tertiary alicyclic amines) is 1. The molecule has 2 nitrogen and oxygen atoms in total. The van der Waals surface area contributed by atoms with Crippen LogP contribution in [-0.2, 0) is 0 Å². The number of rotatable bonds is 4. The van der Waals surface area contributed by atoms with Crippen LogP contribution in [0.5, 0.6) is 0 Å². The summed E-state index contributed by atoms with van der Waals surface area (Å²) in [5.74, 6) is 0.645. The van der Waals surface area contributed by atoms with Crippen molar-refractivity contribution >= 4 is 0 Å². The molecule has 0 aliphatic carbocycles. The van der Waals surface area contributed by atoms with Crippen LogP contribution in [0.2, 0.25) is 0 Å². The van der Waals surface area contributed by atoms with Crippen molar-refractivity contribution in [2.45, 2.75) is 58.5 Å². The van der Waals surface area contributed by atoms with Gasteiger partial charge in [-0.25, -0.2) is 0 Å². The van der Waals surface area contributed by atoms with Crippen molar-refractivity contribution < 1.29 is 0 Å². The van der Waals surface area contributed by atoms with E-state index in [1.54, 1.807) is 0 Å². The maximum atomic E-state index is 6.19. The molecule has 84 valence electrons. The minimum Gasteiger partial charge on any atom is -0.326 e. The molecule has 1 aliphatic rings. The van der Waals surface area contributed by atoms with Crippen LogP contribution in [0.4, 0.5) is 0 Å². The number of nitrogens with zero attached hydrogens (tertiary/aromatic N) is 1. The Labute approximate surface area is 88.8 Å². The minimum absolute atomic E-state index is 0.345. The molecular formula is C12H26N2. The van der Waals surface area contributed by atoms with E-state index >= 15 is 0 Å². The summed E-state index contributed by atoms with van der Waals surface area (Å²) in [6, 6.07) is 0.345. The van der Waals surface area contributed by atoms with Crippen LogP contribution < -0.4 is 5.73 Å². The van der Waals surface area contributed by atoms with Crippen LogP contribution in [0, 0.1) is 5.92 Å². The number of hydrogen-bond acceptors (Lipinski definition) is 2. The van der Waals surface area contributed by atoms with Gasteiger partial charge in [0, 0.05) is 18.1 Å². The van der Waals surface area contributed by atoms with Gasteiger partial charge in [0.25, 0.3) is 0 Å². The lowest BCUT2D eigenvalue weighted by Crippen LogP contribution is -2.47. The van der Waals surface area contributed by atoms with Crippen molar-refractivity contribution in [1.29, 1.82) is 0 Å². The average molecular weight is 198 g/mol. The Kier molecular flexibility index (Phi) is 3.96.